The van der Waals surface area contributed by atoms with Crippen molar-refractivity contribution in [2.75, 3.05) is 26.9 Å². The zero-order chi connectivity index (χ0) is 19.1. The van der Waals surface area contributed by atoms with Gasteiger partial charge in [0.15, 0.2) is 0 Å². The number of ether oxygens (including phenoxy) is 3. The summed E-state index contributed by atoms with van der Waals surface area (Å²) in [5, 5.41) is 3.21. The lowest BCUT2D eigenvalue weighted by Crippen LogP contribution is -2.27. The fraction of sp³-hybridized carbons (Fsp3) is 0.400. The van der Waals surface area contributed by atoms with Crippen LogP contribution in [-0.2, 0) is 11.2 Å². The van der Waals surface area contributed by atoms with Gasteiger partial charge in [0, 0.05) is 25.6 Å². The van der Waals surface area contributed by atoms with Gasteiger partial charge >= 0.3 is 0 Å². The normalized spacial score (nSPS) is 14.6. The number of hydrogen-bond donors (Lipinski definition) is 1. The third-order valence-electron chi connectivity index (χ3n) is 4.39. The van der Waals surface area contributed by atoms with E-state index >= 15 is 0 Å². The Labute approximate surface area is 163 Å². The van der Waals surface area contributed by atoms with E-state index in [9.17, 15) is 4.79 Å². The van der Waals surface area contributed by atoms with Crippen LogP contribution in [-0.4, -0.2) is 43.9 Å². The van der Waals surface area contributed by atoms with Gasteiger partial charge < -0.3 is 19.5 Å². The van der Waals surface area contributed by atoms with Crippen LogP contribution >= 0.6 is 11.6 Å². The van der Waals surface area contributed by atoms with Crippen molar-refractivity contribution in [2.45, 2.75) is 25.4 Å². The summed E-state index contributed by atoms with van der Waals surface area (Å²) in [6, 6.07) is 9.32. The number of aromatic nitrogens is 1. The van der Waals surface area contributed by atoms with Crippen LogP contribution in [0.25, 0.3) is 0 Å². The Morgan fingerprint density at radius 1 is 1.33 bits per heavy atom. The second-order valence-corrected chi connectivity index (χ2v) is 6.67. The first-order chi connectivity index (χ1) is 13.2. The Balaban J connectivity index is 1.54. The van der Waals surface area contributed by atoms with Gasteiger partial charge in [-0.15, -0.1) is 0 Å². The summed E-state index contributed by atoms with van der Waals surface area (Å²) in [6.07, 6.45) is 3.82. The number of halogens is 1. The number of nitrogens with zero attached hydrogens (tertiary/aromatic N) is 1. The smallest absolute Gasteiger partial charge is 0.252 e. The molecule has 0 unspecified atom stereocenters. The number of amides is 1. The fourth-order valence-electron chi connectivity index (χ4n) is 2.91. The molecule has 0 radical (unpaired) electrons. The van der Waals surface area contributed by atoms with Crippen molar-refractivity contribution in [1.29, 1.82) is 0 Å². The van der Waals surface area contributed by atoms with E-state index in [2.05, 4.69) is 10.3 Å². The maximum absolute atomic E-state index is 12.3. The number of nitrogens with one attached hydrogen (secondary N) is 1. The molecule has 0 bridgehead atoms. The predicted molar refractivity (Wildman–Crippen MR) is 103 cm³/mol. The van der Waals surface area contributed by atoms with E-state index in [0.29, 0.717) is 42.6 Å². The molecule has 1 aliphatic rings. The molecular weight excluding hydrogens is 368 g/mol. The number of methoxy groups -OCH3 is 1. The number of rotatable bonds is 7. The van der Waals surface area contributed by atoms with Crippen molar-refractivity contribution in [1.82, 2.24) is 10.3 Å². The van der Waals surface area contributed by atoms with Crippen LogP contribution in [0.15, 0.2) is 36.5 Å². The van der Waals surface area contributed by atoms with Gasteiger partial charge in [0.1, 0.15) is 16.9 Å². The van der Waals surface area contributed by atoms with Crippen LogP contribution in [0, 0.1) is 0 Å². The molecule has 6 nitrogen and oxygen atoms in total. The highest BCUT2D eigenvalue weighted by Gasteiger charge is 2.18. The van der Waals surface area contributed by atoms with E-state index in [4.69, 9.17) is 25.8 Å². The summed E-state index contributed by atoms with van der Waals surface area (Å²) in [5.74, 6) is 0.942. The summed E-state index contributed by atoms with van der Waals surface area (Å²) in [6.45, 7) is 1.83. The van der Waals surface area contributed by atoms with E-state index in [1.165, 1.54) is 6.20 Å². The summed E-state index contributed by atoms with van der Waals surface area (Å²) >= 11 is 6.25. The summed E-state index contributed by atoms with van der Waals surface area (Å²) in [4.78, 5) is 16.6. The van der Waals surface area contributed by atoms with Gasteiger partial charge in [-0.3, -0.25) is 4.79 Å². The first kappa shape index (κ1) is 19.5. The van der Waals surface area contributed by atoms with Gasteiger partial charge in [-0.05, 0) is 24.1 Å². The van der Waals surface area contributed by atoms with E-state index in [-0.39, 0.29) is 12.0 Å². The molecule has 144 valence electrons. The molecular formula is C20H23ClN2O4. The van der Waals surface area contributed by atoms with Gasteiger partial charge in [-0.2, -0.15) is 0 Å². The van der Waals surface area contributed by atoms with E-state index in [0.717, 1.165) is 24.2 Å². The molecule has 0 aliphatic carbocycles. The minimum Gasteiger partial charge on any atom is -0.496 e. The molecule has 3 rings (SSSR count). The highest BCUT2D eigenvalue weighted by molar-refractivity contribution is 6.32. The average molecular weight is 391 g/mol. The lowest BCUT2D eigenvalue weighted by molar-refractivity contribution is 0.0238. The number of benzene rings is 1. The van der Waals surface area contributed by atoms with Crippen molar-refractivity contribution in [3.05, 3.63) is 52.7 Å². The molecule has 1 aromatic heterocycles. The first-order valence-electron chi connectivity index (χ1n) is 8.97. The van der Waals surface area contributed by atoms with Crippen molar-refractivity contribution >= 4 is 17.5 Å². The molecule has 7 heteroatoms. The number of hydrogen-bond acceptors (Lipinski definition) is 5. The molecule has 1 aliphatic heterocycles. The fourth-order valence-corrected chi connectivity index (χ4v) is 3.12. The quantitative estimate of drug-likeness (QED) is 0.785. The molecule has 1 fully saturated rings. The zero-order valence-corrected chi connectivity index (χ0v) is 16.0. The summed E-state index contributed by atoms with van der Waals surface area (Å²) in [5.41, 5.74) is 1.44. The lowest BCUT2D eigenvalue weighted by Gasteiger charge is -2.23. The van der Waals surface area contributed by atoms with Gasteiger partial charge in [0.05, 0.1) is 25.9 Å². The maximum atomic E-state index is 12.3. The minimum absolute atomic E-state index is 0.0456. The molecule has 1 aromatic carbocycles. The van der Waals surface area contributed by atoms with Crippen LogP contribution < -0.4 is 14.8 Å². The monoisotopic (exact) mass is 390 g/mol. The lowest BCUT2D eigenvalue weighted by atomic mass is 10.1. The van der Waals surface area contributed by atoms with E-state index < -0.39 is 0 Å². The highest BCUT2D eigenvalue weighted by atomic mass is 35.5. The predicted octanol–water partition coefficient (Wildman–Crippen LogP) is 3.27. The van der Waals surface area contributed by atoms with E-state index in [1.54, 1.807) is 13.2 Å². The number of carbonyl (C=O) groups excluding carboxylic acids is 1. The zero-order valence-electron chi connectivity index (χ0n) is 15.2. The standard InChI is InChI=1S/C20H23ClN2O4/c1-25-18-5-3-2-4-14(18)6-9-22-19(24)15-12-17(21)20(23-13-15)27-16-7-10-26-11-8-16/h2-5,12-13,16H,6-11H2,1H3,(H,22,24). The highest BCUT2D eigenvalue weighted by Crippen LogP contribution is 2.25. The summed E-state index contributed by atoms with van der Waals surface area (Å²) < 4.78 is 16.4. The number of carbonyl (C=O) groups is 1. The Morgan fingerprint density at radius 3 is 2.85 bits per heavy atom. The summed E-state index contributed by atoms with van der Waals surface area (Å²) in [7, 11) is 1.63. The van der Waals surface area contributed by atoms with E-state index in [1.807, 2.05) is 24.3 Å². The molecule has 0 saturated carbocycles. The number of pyridine rings is 1. The Hall–Kier alpha value is -2.31. The van der Waals surface area contributed by atoms with Crippen LogP contribution in [0.1, 0.15) is 28.8 Å². The van der Waals surface area contributed by atoms with Gasteiger partial charge in [0.25, 0.3) is 5.91 Å². The van der Waals surface area contributed by atoms with Crippen molar-refractivity contribution in [2.24, 2.45) is 0 Å². The van der Waals surface area contributed by atoms with Crippen molar-refractivity contribution in [3.63, 3.8) is 0 Å². The Bertz CT molecular complexity index is 778. The van der Waals surface area contributed by atoms with Crippen LogP contribution in [0.5, 0.6) is 11.6 Å². The molecule has 1 saturated heterocycles. The maximum Gasteiger partial charge on any atom is 0.252 e. The number of para-hydroxylation sites is 1. The van der Waals surface area contributed by atoms with Crippen molar-refractivity contribution < 1.29 is 19.0 Å². The van der Waals surface area contributed by atoms with Crippen LogP contribution in [0.4, 0.5) is 0 Å². The molecule has 1 amide bonds. The minimum atomic E-state index is -0.225. The van der Waals surface area contributed by atoms with Crippen molar-refractivity contribution in [3.8, 4) is 11.6 Å². The second-order valence-electron chi connectivity index (χ2n) is 6.26. The Morgan fingerprint density at radius 2 is 2.11 bits per heavy atom. The second kappa shape index (κ2) is 9.58. The van der Waals surface area contributed by atoms with Gasteiger partial charge in [-0.1, -0.05) is 29.8 Å². The first-order valence-corrected chi connectivity index (χ1v) is 9.35. The van der Waals surface area contributed by atoms with Gasteiger partial charge in [-0.25, -0.2) is 4.98 Å². The Kier molecular flexibility index (Phi) is 6.90. The molecule has 0 spiro atoms. The topological polar surface area (TPSA) is 69.7 Å². The van der Waals surface area contributed by atoms with Crippen LogP contribution in [0.2, 0.25) is 5.02 Å². The average Bonchev–Trinajstić information content (AvgIpc) is 2.70. The van der Waals surface area contributed by atoms with Crippen LogP contribution in [0.3, 0.4) is 0 Å². The largest absolute Gasteiger partial charge is 0.496 e. The third-order valence-corrected chi connectivity index (χ3v) is 4.66. The SMILES string of the molecule is COc1ccccc1CCNC(=O)c1cnc(OC2CCOCC2)c(Cl)c1. The molecule has 2 heterocycles. The molecule has 27 heavy (non-hydrogen) atoms. The molecule has 2 aromatic rings. The van der Waals surface area contributed by atoms with Gasteiger partial charge in [0.2, 0.25) is 5.88 Å². The molecule has 1 N–H and O–H groups in total. The third kappa shape index (κ3) is 5.34. The molecule has 0 atom stereocenters.